The average molecular weight is 459 g/mol. The van der Waals surface area contributed by atoms with Crippen molar-refractivity contribution in [2.45, 2.75) is 0 Å². The molecule has 0 saturated carbocycles. The van der Waals surface area contributed by atoms with Crippen LogP contribution in [0.3, 0.4) is 0 Å². The van der Waals surface area contributed by atoms with E-state index in [1.807, 2.05) is 48.5 Å². The second-order valence-corrected chi connectivity index (χ2v) is 8.93. The molecule has 3 heterocycles. The minimum atomic E-state index is -0.560. The number of hydrogen-bond acceptors (Lipinski definition) is 7. The number of nitriles is 1. The van der Waals surface area contributed by atoms with Gasteiger partial charge < -0.3 is 10.1 Å². The maximum atomic E-state index is 12.5. The largest absolute Gasteiger partial charge is 0.451 e. The Kier molecular flexibility index (Phi) is 5.15. The minimum absolute atomic E-state index is 0.207. The monoisotopic (exact) mass is 458 g/mol. The lowest BCUT2D eigenvalue weighted by molar-refractivity contribution is -0.119. The molecule has 0 aliphatic heterocycles. The normalized spacial score (nSPS) is 10.8. The topological polar surface area (TPSA) is 97.0 Å². The van der Waals surface area contributed by atoms with Crippen molar-refractivity contribution in [3.05, 3.63) is 77.3 Å². The van der Waals surface area contributed by atoms with Crippen LogP contribution >= 0.6 is 22.7 Å². The number of nitrogens with zero attached hydrogens (tertiary/aromatic N) is 3. The van der Waals surface area contributed by atoms with Gasteiger partial charge in [-0.1, -0.05) is 36.4 Å². The smallest absolute Gasteiger partial charge is 0.348 e. The summed E-state index contributed by atoms with van der Waals surface area (Å²) in [7, 11) is 0. The summed E-state index contributed by atoms with van der Waals surface area (Å²) < 4.78 is 9.89. The van der Waals surface area contributed by atoms with Crippen LogP contribution in [0.25, 0.3) is 25.2 Å². The molecule has 0 aliphatic carbocycles. The maximum absolute atomic E-state index is 12.5. The van der Waals surface area contributed by atoms with E-state index in [2.05, 4.69) is 10.4 Å². The molecule has 3 aromatic heterocycles. The number of carbonyl (C=O) groups is 2. The Morgan fingerprint density at radius 2 is 1.84 bits per heavy atom. The first-order chi connectivity index (χ1) is 15.6. The Labute approximate surface area is 190 Å². The van der Waals surface area contributed by atoms with Crippen LogP contribution in [0.5, 0.6) is 0 Å². The Bertz CT molecular complexity index is 1510. The highest BCUT2D eigenvalue weighted by atomic mass is 32.1. The van der Waals surface area contributed by atoms with Crippen molar-refractivity contribution in [2.24, 2.45) is 0 Å². The number of aromatic nitrogens is 2. The number of amides is 1. The number of nitrogens with one attached hydrogen (secondary N) is 1. The lowest BCUT2D eigenvalue weighted by Gasteiger charge is -2.09. The van der Waals surface area contributed by atoms with E-state index in [1.54, 1.807) is 29.5 Å². The molecular weight excluding hydrogens is 444 g/mol. The minimum Gasteiger partial charge on any atom is -0.451 e. The van der Waals surface area contributed by atoms with Crippen molar-refractivity contribution >= 4 is 59.9 Å². The van der Waals surface area contributed by atoms with E-state index >= 15 is 0 Å². The van der Waals surface area contributed by atoms with E-state index in [-0.39, 0.29) is 11.4 Å². The molecule has 0 spiro atoms. The van der Waals surface area contributed by atoms with Gasteiger partial charge in [-0.3, -0.25) is 4.79 Å². The first kappa shape index (κ1) is 19.9. The standard InChI is InChI=1S/C23H14N4O3S2/c24-11-14-12-25-27(15-6-2-1-3-7-15)22(14)26-20(28)13-30-23(29)19-10-18-21(32-19)16-8-4-5-9-17(16)31-18/h1-10,12H,13H2,(H,26,28). The fourth-order valence-corrected chi connectivity index (χ4v) is 5.70. The highest BCUT2D eigenvalue weighted by Gasteiger charge is 2.19. The van der Waals surface area contributed by atoms with Crippen LogP contribution in [0.2, 0.25) is 0 Å². The zero-order valence-corrected chi connectivity index (χ0v) is 18.1. The summed E-state index contributed by atoms with van der Waals surface area (Å²) in [5.74, 6) is -0.895. The lowest BCUT2D eigenvalue weighted by Crippen LogP contribution is -2.22. The number of anilines is 1. The molecule has 156 valence electrons. The molecule has 0 radical (unpaired) electrons. The van der Waals surface area contributed by atoms with Crippen LogP contribution in [0.4, 0.5) is 5.82 Å². The summed E-state index contributed by atoms with van der Waals surface area (Å²) in [6, 6.07) is 20.9. The molecule has 32 heavy (non-hydrogen) atoms. The molecule has 1 N–H and O–H groups in total. The number of thiophene rings is 2. The van der Waals surface area contributed by atoms with Crippen LogP contribution in [0.15, 0.2) is 66.9 Å². The van der Waals surface area contributed by atoms with E-state index in [1.165, 1.54) is 22.2 Å². The van der Waals surface area contributed by atoms with Crippen molar-refractivity contribution in [3.63, 3.8) is 0 Å². The summed E-state index contributed by atoms with van der Waals surface area (Å²) in [5, 5.41) is 17.2. The Hall–Kier alpha value is -4.00. The summed E-state index contributed by atoms with van der Waals surface area (Å²) in [4.78, 5) is 25.4. The van der Waals surface area contributed by atoms with Gasteiger partial charge in [-0.15, -0.1) is 22.7 Å². The molecule has 0 aliphatic rings. The third kappa shape index (κ3) is 3.62. The summed E-state index contributed by atoms with van der Waals surface area (Å²) in [5.41, 5.74) is 0.895. The zero-order chi connectivity index (χ0) is 22.1. The molecule has 5 rings (SSSR count). The number of hydrogen-bond donors (Lipinski definition) is 1. The van der Waals surface area contributed by atoms with Crippen LogP contribution in [0.1, 0.15) is 15.2 Å². The first-order valence-corrected chi connectivity index (χ1v) is 11.2. The molecule has 0 unspecified atom stereocenters. The number of benzene rings is 2. The number of esters is 1. The van der Waals surface area contributed by atoms with Crippen LogP contribution in [-0.2, 0) is 9.53 Å². The van der Waals surface area contributed by atoms with E-state index < -0.39 is 18.5 Å². The van der Waals surface area contributed by atoms with Crippen LogP contribution < -0.4 is 5.32 Å². The predicted octanol–water partition coefficient (Wildman–Crippen LogP) is 4.97. The predicted molar refractivity (Wildman–Crippen MR) is 124 cm³/mol. The van der Waals surface area contributed by atoms with Gasteiger partial charge in [0.05, 0.1) is 16.6 Å². The fraction of sp³-hybridized carbons (Fsp3) is 0.0435. The fourth-order valence-electron chi connectivity index (χ4n) is 3.29. The van der Waals surface area contributed by atoms with Crippen molar-refractivity contribution in [3.8, 4) is 11.8 Å². The lowest BCUT2D eigenvalue weighted by atomic mass is 10.2. The van der Waals surface area contributed by atoms with Crippen molar-refractivity contribution in [1.29, 1.82) is 5.26 Å². The average Bonchev–Trinajstić information content (AvgIpc) is 3.50. The van der Waals surface area contributed by atoms with Gasteiger partial charge in [-0.05, 0) is 24.3 Å². The Morgan fingerprint density at radius 3 is 2.66 bits per heavy atom. The van der Waals surface area contributed by atoms with Gasteiger partial charge in [0.15, 0.2) is 12.4 Å². The molecule has 9 heteroatoms. The Morgan fingerprint density at radius 1 is 1.06 bits per heavy atom. The number of ether oxygens (including phenoxy) is 1. The van der Waals surface area contributed by atoms with Crippen LogP contribution in [0, 0.1) is 11.3 Å². The molecule has 0 atom stereocenters. The second-order valence-electron chi connectivity index (χ2n) is 6.79. The van der Waals surface area contributed by atoms with E-state index in [0.29, 0.717) is 10.6 Å². The van der Waals surface area contributed by atoms with E-state index in [4.69, 9.17) is 4.74 Å². The number of para-hydroxylation sites is 1. The highest BCUT2D eigenvalue weighted by Crippen LogP contribution is 2.39. The molecule has 5 aromatic rings. The summed E-state index contributed by atoms with van der Waals surface area (Å²) in [6.07, 6.45) is 1.37. The Balaban J connectivity index is 1.29. The van der Waals surface area contributed by atoms with E-state index in [9.17, 15) is 14.9 Å². The van der Waals surface area contributed by atoms with E-state index in [0.717, 1.165) is 19.5 Å². The second kappa shape index (κ2) is 8.26. The van der Waals surface area contributed by atoms with Crippen LogP contribution in [-0.4, -0.2) is 28.3 Å². The quantitative estimate of drug-likeness (QED) is 0.375. The maximum Gasteiger partial charge on any atom is 0.348 e. The van der Waals surface area contributed by atoms with Crippen molar-refractivity contribution < 1.29 is 14.3 Å². The summed E-state index contributed by atoms with van der Waals surface area (Å²) in [6.45, 7) is -0.476. The van der Waals surface area contributed by atoms with Gasteiger partial charge in [0.25, 0.3) is 5.91 Å². The van der Waals surface area contributed by atoms with Gasteiger partial charge in [0.2, 0.25) is 0 Å². The number of rotatable bonds is 5. The van der Waals surface area contributed by atoms with Crippen molar-refractivity contribution in [2.75, 3.05) is 11.9 Å². The molecule has 1 amide bonds. The number of fused-ring (bicyclic) bond motifs is 3. The SMILES string of the molecule is N#Cc1cnn(-c2ccccc2)c1NC(=O)COC(=O)c1cc2sc3ccccc3c2s1. The van der Waals surface area contributed by atoms with Gasteiger partial charge in [0.1, 0.15) is 16.5 Å². The van der Waals surface area contributed by atoms with Crippen molar-refractivity contribution in [1.82, 2.24) is 9.78 Å². The zero-order valence-electron chi connectivity index (χ0n) is 16.4. The van der Waals surface area contributed by atoms with Gasteiger partial charge in [-0.25, -0.2) is 9.48 Å². The third-order valence-corrected chi connectivity index (χ3v) is 7.13. The molecule has 0 bridgehead atoms. The molecule has 2 aromatic carbocycles. The summed E-state index contributed by atoms with van der Waals surface area (Å²) >= 11 is 2.97. The molecule has 7 nitrogen and oxygen atoms in total. The van der Waals surface area contributed by atoms with Gasteiger partial charge in [0, 0.05) is 14.8 Å². The first-order valence-electron chi connectivity index (χ1n) is 9.55. The number of carbonyl (C=O) groups excluding carboxylic acids is 2. The molecule has 0 saturated heterocycles. The third-order valence-electron chi connectivity index (χ3n) is 4.73. The highest BCUT2D eigenvalue weighted by molar-refractivity contribution is 7.33. The van der Waals surface area contributed by atoms with Gasteiger partial charge >= 0.3 is 5.97 Å². The van der Waals surface area contributed by atoms with Gasteiger partial charge in [-0.2, -0.15) is 10.4 Å². The molecular formula is C23H14N4O3S2. The molecule has 0 fully saturated rings.